The number of rotatable bonds is 7. The van der Waals surface area contributed by atoms with Crippen LogP contribution < -0.4 is 5.32 Å². The molecule has 0 fully saturated rings. The largest absolute Gasteiger partial charge is 0.336 e. The third kappa shape index (κ3) is 5.08. The van der Waals surface area contributed by atoms with Crippen molar-refractivity contribution in [1.29, 1.82) is 0 Å². The van der Waals surface area contributed by atoms with Gasteiger partial charge in [0.15, 0.2) is 0 Å². The van der Waals surface area contributed by atoms with E-state index in [0.29, 0.717) is 5.69 Å². The van der Waals surface area contributed by atoms with E-state index in [1.807, 2.05) is 31.2 Å². The molecule has 1 aromatic heterocycles. The van der Waals surface area contributed by atoms with E-state index in [1.54, 1.807) is 23.3 Å². The van der Waals surface area contributed by atoms with Crippen molar-refractivity contribution < 1.29 is 14.0 Å². The molecule has 3 aromatic rings. The lowest BCUT2D eigenvalue weighted by Crippen LogP contribution is -2.31. The minimum atomic E-state index is -0.358. The van der Waals surface area contributed by atoms with Crippen molar-refractivity contribution in [3.63, 3.8) is 0 Å². The predicted octanol–water partition coefficient (Wildman–Crippen LogP) is 4.33. The topological polar surface area (TPSA) is 62.3 Å². The molecule has 2 amide bonds. The number of carbonyl (C=O) groups excluding carboxylic acids is 2. The Morgan fingerprint density at radius 3 is 2.61 bits per heavy atom. The summed E-state index contributed by atoms with van der Waals surface area (Å²) in [5, 5.41) is 3.56. The maximum atomic E-state index is 12.9. The van der Waals surface area contributed by atoms with Gasteiger partial charge in [-0.05, 0) is 43.3 Å². The lowest BCUT2D eigenvalue weighted by atomic mass is 10.3. The Balaban J connectivity index is 1.48. The first-order valence-electron chi connectivity index (χ1n) is 8.68. The van der Waals surface area contributed by atoms with Crippen molar-refractivity contribution in [2.75, 3.05) is 23.9 Å². The zero-order chi connectivity index (χ0) is 20.1. The molecular weight excluding hydrogens is 397 g/mol. The lowest BCUT2D eigenvalue weighted by Gasteiger charge is -2.23. The smallest absolute Gasteiger partial charge is 0.234 e. The first-order chi connectivity index (χ1) is 13.4. The van der Waals surface area contributed by atoms with Crippen LogP contribution >= 0.6 is 23.1 Å². The second-order valence-corrected chi connectivity index (χ2v) is 8.30. The molecule has 0 unspecified atom stereocenters. The van der Waals surface area contributed by atoms with Gasteiger partial charge in [-0.3, -0.25) is 9.59 Å². The van der Waals surface area contributed by atoms with Crippen LogP contribution in [0.3, 0.4) is 0 Å². The monoisotopic (exact) mass is 417 g/mol. The fourth-order valence-electron chi connectivity index (χ4n) is 2.51. The number of fused-ring (bicyclic) bond motifs is 1. The number of nitrogens with one attached hydrogen (secondary N) is 1. The van der Waals surface area contributed by atoms with Crippen LogP contribution in [0.1, 0.15) is 18.0 Å². The summed E-state index contributed by atoms with van der Waals surface area (Å²) in [4.78, 5) is 30.7. The molecule has 1 heterocycles. The summed E-state index contributed by atoms with van der Waals surface area (Å²) in [6.07, 6.45) is 0. The SMILES string of the molecule is C[C@@H](c1nc2ccccc2s1)N(C)C(=O)CSCC(=O)Nc1ccc(F)cc1. The van der Waals surface area contributed by atoms with E-state index >= 15 is 0 Å². The molecule has 1 atom stereocenters. The van der Waals surface area contributed by atoms with Crippen molar-refractivity contribution >= 4 is 50.8 Å². The summed E-state index contributed by atoms with van der Waals surface area (Å²) in [6, 6.07) is 13.3. The first kappa shape index (κ1) is 20.3. The summed E-state index contributed by atoms with van der Waals surface area (Å²) in [7, 11) is 1.75. The Morgan fingerprint density at radius 2 is 1.89 bits per heavy atom. The molecule has 8 heteroatoms. The number of halogens is 1. The molecule has 1 N–H and O–H groups in total. The molecule has 0 spiro atoms. The maximum absolute atomic E-state index is 12.9. The lowest BCUT2D eigenvalue weighted by molar-refractivity contribution is -0.128. The van der Waals surface area contributed by atoms with Gasteiger partial charge in [0, 0.05) is 12.7 Å². The van der Waals surface area contributed by atoms with E-state index in [-0.39, 0.29) is 35.2 Å². The summed E-state index contributed by atoms with van der Waals surface area (Å²) < 4.78 is 14.0. The number of hydrogen-bond donors (Lipinski definition) is 1. The molecule has 0 aliphatic rings. The Labute approximate surface area is 171 Å². The van der Waals surface area contributed by atoms with Crippen LogP contribution in [0.5, 0.6) is 0 Å². The molecule has 28 heavy (non-hydrogen) atoms. The second kappa shape index (κ2) is 9.16. The van der Waals surface area contributed by atoms with Gasteiger partial charge in [-0.1, -0.05) is 12.1 Å². The molecule has 0 bridgehead atoms. The summed E-state index contributed by atoms with van der Waals surface area (Å²) >= 11 is 2.82. The van der Waals surface area contributed by atoms with Crippen LogP contribution in [-0.4, -0.2) is 40.3 Å². The van der Waals surface area contributed by atoms with E-state index in [2.05, 4.69) is 10.3 Å². The van der Waals surface area contributed by atoms with Gasteiger partial charge in [0.25, 0.3) is 0 Å². The van der Waals surface area contributed by atoms with Gasteiger partial charge < -0.3 is 10.2 Å². The standard InChI is InChI=1S/C20H20FN3O2S2/c1-13(20-23-16-5-3-4-6-17(16)28-20)24(2)19(26)12-27-11-18(25)22-15-9-7-14(21)8-10-15/h3-10,13H,11-12H2,1-2H3,(H,22,25)/t13-/m0/s1. The summed E-state index contributed by atoms with van der Waals surface area (Å²) in [6.45, 7) is 1.95. The van der Waals surface area contributed by atoms with Crippen LogP contribution in [-0.2, 0) is 9.59 Å². The zero-order valence-electron chi connectivity index (χ0n) is 15.5. The third-order valence-corrected chi connectivity index (χ3v) is 6.35. The number of nitrogens with zero attached hydrogens (tertiary/aromatic N) is 2. The van der Waals surface area contributed by atoms with Gasteiger partial charge in [0.1, 0.15) is 10.8 Å². The van der Waals surface area contributed by atoms with Crippen LogP contribution in [0.2, 0.25) is 0 Å². The predicted molar refractivity (Wildman–Crippen MR) is 113 cm³/mol. The highest BCUT2D eigenvalue weighted by Gasteiger charge is 2.20. The van der Waals surface area contributed by atoms with Gasteiger partial charge >= 0.3 is 0 Å². The van der Waals surface area contributed by atoms with Crippen LogP contribution in [0.4, 0.5) is 10.1 Å². The summed E-state index contributed by atoms with van der Waals surface area (Å²) in [5.74, 6) is -0.310. The van der Waals surface area contributed by atoms with Crippen LogP contribution in [0.25, 0.3) is 10.2 Å². The van der Waals surface area contributed by atoms with Crippen LogP contribution in [0, 0.1) is 5.82 Å². The molecule has 3 rings (SSSR count). The maximum Gasteiger partial charge on any atom is 0.234 e. The number of anilines is 1. The number of hydrogen-bond acceptors (Lipinski definition) is 5. The molecule has 146 valence electrons. The van der Waals surface area contributed by atoms with E-state index in [9.17, 15) is 14.0 Å². The summed E-state index contributed by atoms with van der Waals surface area (Å²) in [5.41, 5.74) is 1.46. The highest BCUT2D eigenvalue weighted by molar-refractivity contribution is 8.00. The minimum Gasteiger partial charge on any atom is -0.336 e. The highest BCUT2D eigenvalue weighted by atomic mass is 32.2. The molecule has 0 saturated carbocycles. The van der Waals surface area contributed by atoms with E-state index < -0.39 is 0 Å². The van der Waals surface area contributed by atoms with Gasteiger partial charge in [-0.25, -0.2) is 9.37 Å². The number of aromatic nitrogens is 1. The average molecular weight is 418 g/mol. The van der Waals surface area contributed by atoms with Gasteiger partial charge in [-0.2, -0.15) is 0 Å². The third-order valence-electron chi connectivity index (χ3n) is 4.23. The van der Waals surface area contributed by atoms with Gasteiger partial charge in [0.05, 0.1) is 27.8 Å². The van der Waals surface area contributed by atoms with Crippen molar-refractivity contribution in [3.05, 3.63) is 59.4 Å². The van der Waals surface area contributed by atoms with Crippen molar-refractivity contribution in [2.24, 2.45) is 0 Å². The van der Waals surface area contributed by atoms with Crippen LogP contribution in [0.15, 0.2) is 48.5 Å². The Kier molecular flexibility index (Phi) is 6.64. The van der Waals surface area contributed by atoms with Crippen molar-refractivity contribution in [2.45, 2.75) is 13.0 Å². The number of para-hydroxylation sites is 1. The second-order valence-electron chi connectivity index (χ2n) is 6.25. The Morgan fingerprint density at radius 1 is 1.18 bits per heavy atom. The van der Waals surface area contributed by atoms with Gasteiger partial charge in [-0.15, -0.1) is 23.1 Å². The zero-order valence-corrected chi connectivity index (χ0v) is 17.1. The molecule has 0 aliphatic heterocycles. The van der Waals surface area contributed by atoms with Crippen molar-refractivity contribution in [1.82, 2.24) is 9.88 Å². The van der Waals surface area contributed by atoms with E-state index in [1.165, 1.54) is 36.0 Å². The highest BCUT2D eigenvalue weighted by Crippen LogP contribution is 2.29. The normalized spacial score (nSPS) is 12.0. The number of carbonyl (C=O) groups is 2. The molecular formula is C20H20FN3O2S2. The number of amides is 2. The molecule has 0 radical (unpaired) electrons. The fourth-order valence-corrected chi connectivity index (χ4v) is 4.31. The number of benzene rings is 2. The molecule has 5 nitrogen and oxygen atoms in total. The molecule has 0 aliphatic carbocycles. The van der Waals surface area contributed by atoms with Crippen molar-refractivity contribution in [3.8, 4) is 0 Å². The molecule has 0 saturated heterocycles. The average Bonchev–Trinajstić information content (AvgIpc) is 3.12. The fraction of sp³-hybridized carbons (Fsp3) is 0.250. The first-order valence-corrected chi connectivity index (χ1v) is 10.7. The van der Waals surface area contributed by atoms with E-state index in [0.717, 1.165) is 15.2 Å². The van der Waals surface area contributed by atoms with E-state index in [4.69, 9.17) is 0 Å². The minimum absolute atomic E-state index is 0.0636. The molecule has 2 aromatic carbocycles. The Bertz CT molecular complexity index is 942. The van der Waals surface area contributed by atoms with Gasteiger partial charge in [0.2, 0.25) is 11.8 Å². The number of thioether (sulfide) groups is 1. The quantitative estimate of drug-likeness (QED) is 0.622. The Hall–Kier alpha value is -2.45. The number of thiazole rings is 1.